The molecule has 0 radical (unpaired) electrons. The fraction of sp³-hybridized carbons (Fsp3) is 0.450. The van der Waals surface area contributed by atoms with Crippen LogP contribution in [0.15, 0.2) is 47.6 Å². The molecule has 0 spiro atoms. The Labute approximate surface area is 134 Å². The van der Waals surface area contributed by atoms with Gasteiger partial charge in [-0.05, 0) is 30.4 Å². The van der Waals surface area contributed by atoms with E-state index in [0.717, 1.165) is 24.0 Å². The lowest BCUT2D eigenvalue weighted by atomic mass is 9.89. The van der Waals surface area contributed by atoms with Crippen LogP contribution in [0.3, 0.4) is 0 Å². The minimum atomic E-state index is -0.821. The van der Waals surface area contributed by atoms with Gasteiger partial charge in [-0.25, -0.2) is 4.79 Å². The van der Waals surface area contributed by atoms with Crippen LogP contribution in [0.4, 0.5) is 0 Å². The molecule has 0 heterocycles. The topological polar surface area (TPSA) is 37.3 Å². The minimum Gasteiger partial charge on any atom is -0.478 e. The van der Waals surface area contributed by atoms with Gasteiger partial charge in [0.05, 0.1) is 0 Å². The molecule has 1 unspecified atom stereocenters. The molecule has 0 saturated carbocycles. The van der Waals surface area contributed by atoms with Crippen LogP contribution in [0.5, 0.6) is 0 Å². The molecule has 22 heavy (non-hydrogen) atoms. The number of carbonyl (C=O) groups is 1. The zero-order valence-electron chi connectivity index (χ0n) is 14.0. The predicted octanol–water partition coefficient (Wildman–Crippen LogP) is 5.71. The summed E-state index contributed by atoms with van der Waals surface area (Å²) in [4.78, 5) is 11.3. The minimum absolute atomic E-state index is 0.460. The Balaban J connectivity index is 2.92. The van der Waals surface area contributed by atoms with E-state index in [1.165, 1.54) is 19.3 Å². The standard InChI is InChI=1S/C20H28O2/c1-4-6-10-17(5-2)15-19(16(3)20(21)22)14-13-18-11-8-7-9-12-18/h7-9,11-14,17H,4-6,10,15H2,1-3H3,(H,21,22). The van der Waals surface area contributed by atoms with Gasteiger partial charge < -0.3 is 5.11 Å². The number of carboxylic acids is 1. The summed E-state index contributed by atoms with van der Waals surface area (Å²) in [5.41, 5.74) is 2.50. The normalized spacial score (nSPS) is 14.0. The van der Waals surface area contributed by atoms with Gasteiger partial charge in [-0.2, -0.15) is 0 Å². The molecule has 0 bridgehead atoms. The molecule has 2 nitrogen and oxygen atoms in total. The van der Waals surface area contributed by atoms with Gasteiger partial charge in [0.25, 0.3) is 0 Å². The van der Waals surface area contributed by atoms with Crippen molar-refractivity contribution in [3.8, 4) is 0 Å². The Kier molecular flexibility index (Phi) is 8.27. The summed E-state index contributed by atoms with van der Waals surface area (Å²) in [5, 5.41) is 9.32. The van der Waals surface area contributed by atoms with Crippen molar-refractivity contribution in [2.45, 2.75) is 52.9 Å². The van der Waals surface area contributed by atoms with Crippen LogP contribution in [0.2, 0.25) is 0 Å². The maximum Gasteiger partial charge on any atom is 0.331 e. The number of aliphatic carboxylic acids is 1. The lowest BCUT2D eigenvalue weighted by Crippen LogP contribution is -2.05. The number of hydrogen-bond donors (Lipinski definition) is 1. The lowest BCUT2D eigenvalue weighted by molar-refractivity contribution is -0.132. The highest BCUT2D eigenvalue weighted by Crippen LogP contribution is 2.25. The SMILES string of the molecule is CCCCC(CC)CC(C=Cc1ccccc1)=C(C)C(=O)O. The fourth-order valence-corrected chi connectivity index (χ4v) is 2.50. The quantitative estimate of drug-likeness (QED) is 0.468. The fourth-order valence-electron chi connectivity index (χ4n) is 2.50. The number of hydrogen-bond acceptors (Lipinski definition) is 1. The maximum atomic E-state index is 11.3. The molecule has 1 aromatic carbocycles. The molecular formula is C20H28O2. The summed E-state index contributed by atoms with van der Waals surface area (Å²) in [6.45, 7) is 6.09. The molecule has 120 valence electrons. The first-order valence-corrected chi connectivity index (χ1v) is 8.24. The molecule has 0 aliphatic carbocycles. The molecule has 0 aromatic heterocycles. The highest BCUT2D eigenvalue weighted by molar-refractivity contribution is 5.87. The summed E-state index contributed by atoms with van der Waals surface area (Å²) in [6, 6.07) is 10.0. The molecule has 0 amide bonds. The average molecular weight is 300 g/mol. The van der Waals surface area contributed by atoms with E-state index in [1.807, 2.05) is 42.5 Å². The van der Waals surface area contributed by atoms with Gasteiger partial charge in [0.2, 0.25) is 0 Å². The maximum absolute atomic E-state index is 11.3. The highest BCUT2D eigenvalue weighted by Gasteiger charge is 2.13. The molecule has 0 aliphatic rings. The highest BCUT2D eigenvalue weighted by atomic mass is 16.4. The predicted molar refractivity (Wildman–Crippen MR) is 93.7 cm³/mol. The molecule has 2 heteroatoms. The summed E-state index contributed by atoms with van der Waals surface area (Å²) in [6.07, 6.45) is 9.49. The van der Waals surface area contributed by atoms with Gasteiger partial charge in [0, 0.05) is 5.57 Å². The molecular weight excluding hydrogens is 272 g/mol. The van der Waals surface area contributed by atoms with Gasteiger partial charge in [0.1, 0.15) is 0 Å². The second kappa shape index (κ2) is 9.99. The summed E-state index contributed by atoms with van der Waals surface area (Å²) in [5.74, 6) is -0.261. The Morgan fingerprint density at radius 3 is 2.45 bits per heavy atom. The summed E-state index contributed by atoms with van der Waals surface area (Å²) < 4.78 is 0. The van der Waals surface area contributed by atoms with E-state index in [4.69, 9.17) is 0 Å². The van der Waals surface area contributed by atoms with E-state index in [2.05, 4.69) is 13.8 Å². The zero-order valence-corrected chi connectivity index (χ0v) is 14.0. The number of rotatable bonds is 9. The molecule has 0 fully saturated rings. The van der Waals surface area contributed by atoms with E-state index in [0.29, 0.717) is 11.5 Å². The Morgan fingerprint density at radius 2 is 1.91 bits per heavy atom. The first-order valence-electron chi connectivity index (χ1n) is 8.24. The first-order chi connectivity index (χ1) is 10.6. The lowest BCUT2D eigenvalue weighted by Gasteiger charge is -2.16. The third-order valence-electron chi connectivity index (χ3n) is 4.13. The summed E-state index contributed by atoms with van der Waals surface area (Å²) >= 11 is 0. The molecule has 0 aliphatic heterocycles. The van der Waals surface area contributed by atoms with Crippen molar-refractivity contribution < 1.29 is 9.90 Å². The molecule has 1 atom stereocenters. The van der Waals surface area contributed by atoms with Crippen LogP contribution in [-0.2, 0) is 4.79 Å². The molecule has 1 aromatic rings. The van der Waals surface area contributed by atoms with E-state index < -0.39 is 5.97 Å². The van der Waals surface area contributed by atoms with Gasteiger partial charge in [-0.15, -0.1) is 0 Å². The van der Waals surface area contributed by atoms with E-state index in [-0.39, 0.29) is 0 Å². The van der Waals surface area contributed by atoms with E-state index >= 15 is 0 Å². The van der Waals surface area contributed by atoms with Crippen molar-refractivity contribution >= 4 is 12.0 Å². The van der Waals surface area contributed by atoms with Gasteiger partial charge in [0.15, 0.2) is 0 Å². The molecule has 1 rings (SSSR count). The molecule has 0 saturated heterocycles. The van der Waals surface area contributed by atoms with Gasteiger partial charge >= 0.3 is 5.97 Å². The second-order valence-corrected chi connectivity index (χ2v) is 5.82. The third-order valence-corrected chi connectivity index (χ3v) is 4.13. The smallest absolute Gasteiger partial charge is 0.331 e. The first kappa shape index (κ1) is 18.2. The van der Waals surface area contributed by atoms with Crippen molar-refractivity contribution in [3.63, 3.8) is 0 Å². The Morgan fingerprint density at radius 1 is 1.23 bits per heavy atom. The summed E-state index contributed by atoms with van der Waals surface area (Å²) in [7, 11) is 0. The second-order valence-electron chi connectivity index (χ2n) is 5.82. The number of carboxylic acid groups (broad SMARTS) is 1. The largest absolute Gasteiger partial charge is 0.478 e. The Hall–Kier alpha value is -1.83. The monoisotopic (exact) mass is 300 g/mol. The van der Waals surface area contributed by atoms with Gasteiger partial charge in [-0.1, -0.05) is 82.0 Å². The van der Waals surface area contributed by atoms with Crippen LogP contribution < -0.4 is 0 Å². The van der Waals surface area contributed by atoms with E-state index in [9.17, 15) is 9.90 Å². The average Bonchev–Trinajstić information content (AvgIpc) is 2.54. The number of unbranched alkanes of at least 4 members (excludes halogenated alkanes) is 1. The zero-order chi connectivity index (χ0) is 16.4. The van der Waals surface area contributed by atoms with Crippen LogP contribution in [0, 0.1) is 5.92 Å². The van der Waals surface area contributed by atoms with Gasteiger partial charge in [-0.3, -0.25) is 0 Å². The third kappa shape index (κ3) is 6.30. The van der Waals surface area contributed by atoms with Crippen LogP contribution in [0.25, 0.3) is 6.08 Å². The van der Waals surface area contributed by atoms with Crippen LogP contribution >= 0.6 is 0 Å². The van der Waals surface area contributed by atoms with Crippen molar-refractivity contribution in [2.75, 3.05) is 0 Å². The number of allylic oxidation sites excluding steroid dienone is 2. The Bertz CT molecular complexity index is 512. The van der Waals surface area contributed by atoms with Crippen molar-refractivity contribution in [2.24, 2.45) is 5.92 Å². The van der Waals surface area contributed by atoms with Crippen molar-refractivity contribution in [1.29, 1.82) is 0 Å². The van der Waals surface area contributed by atoms with Crippen molar-refractivity contribution in [3.05, 3.63) is 53.1 Å². The van der Waals surface area contributed by atoms with Crippen molar-refractivity contribution in [1.82, 2.24) is 0 Å². The van der Waals surface area contributed by atoms with E-state index in [1.54, 1.807) is 6.92 Å². The van der Waals surface area contributed by atoms with Crippen LogP contribution in [0.1, 0.15) is 58.4 Å². The van der Waals surface area contributed by atoms with Crippen LogP contribution in [-0.4, -0.2) is 11.1 Å². The molecule has 1 N–H and O–H groups in total. The number of benzene rings is 1.